The zero-order chi connectivity index (χ0) is 18.4. The second-order valence-corrected chi connectivity index (χ2v) is 8.60. The molecule has 0 radical (unpaired) electrons. The van der Waals surface area contributed by atoms with Crippen LogP contribution in [0.3, 0.4) is 0 Å². The smallest absolute Gasteiger partial charge is 0.377 e. The Kier molecular flexibility index (Phi) is 4.86. The SMILES string of the molecule is CN=C(NCC1CCCCC1C(F)(F)F)NC1C2CCOC2C12CCC2. The van der Waals surface area contributed by atoms with Crippen LogP contribution in [0.15, 0.2) is 4.99 Å². The molecule has 0 bridgehead atoms. The molecular weight excluding hydrogens is 343 g/mol. The van der Waals surface area contributed by atoms with Crippen molar-refractivity contribution >= 4 is 5.96 Å². The van der Waals surface area contributed by atoms with E-state index in [9.17, 15) is 13.2 Å². The van der Waals surface area contributed by atoms with Crippen LogP contribution in [0, 0.1) is 23.2 Å². The molecule has 4 rings (SSSR count). The number of fused-ring (bicyclic) bond motifs is 2. The summed E-state index contributed by atoms with van der Waals surface area (Å²) >= 11 is 0. The summed E-state index contributed by atoms with van der Waals surface area (Å²) in [6.07, 6.45) is 3.42. The average Bonchev–Trinajstić information content (AvgIpc) is 2.98. The second-order valence-electron chi connectivity index (χ2n) is 8.60. The number of ether oxygens (including phenoxy) is 1. The number of hydrogen-bond acceptors (Lipinski definition) is 2. The van der Waals surface area contributed by atoms with E-state index in [1.165, 1.54) is 19.3 Å². The van der Waals surface area contributed by atoms with Crippen molar-refractivity contribution in [1.82, 2.24) is 10.6 Å². The first kappa shape index (κ1) is 18.4. The monoisotopic (exact) mass is 373 g/mol. The molecule has 5 atom stereocenters. The first-order valence-electron chi connectivity index (χ1n) is 10.1. The predicted octanol–water partition coefficient (Wildman–Crippen LogP) is 3.48. The summed E-state index contributed by atoms with van der Waals surface area (Å²) in [6.45, 7) is 1.17. The standard InChI is InChI=1S/C19H30F3N3O/c1-23-17(24-11-12-5-2-3-6-14(12)19(20,21)22)25-15-13-7-10-26-16(13)18(15)8-4-9-18/h12-16H,2-11H2,1H3,(H2,23,24,25). The van der Waals surface area contributed by atoms with Gasteiger partial charge >= 0.3 is 6.18 Å². The summed E-state index contributed by atoms with van der Waals surface area (Å²) in [5, 5.41) is 6.74. The molecule has 0 aromatic rings. The number of nitrogens with zero attached hydrogens (tertiary/aromatic N) is 1. The number of aliphatic imine (C=N–C) groups is 1. The molecule has 1 heterocycles. The minimum Gasteiger partial charge on any atom is -0.377 e. The summed E-state index contributed by atoms with van der Waals surface area (Å²) in [4.78, 5) is 4.29. The van der Waals surface area contributed by atoms with Gasteiger partial charge in [-0.2, -0.15) is 13.2 Å². The third-order valence-electron chi connectivity index (χ3n) is 7.41. The predicted molar refractivity (Wildman–Crippen MR) is 93.9 cm³/mol. The Labute approximate surface area is 153 Å². The lowest BCUT2D eigenvalue weighted by Crippen LogP contribution is -2.72. The third kappa shape index (κ3) is 3.00. The van der Waals surface area contributed by atoms with Gasteiger partial charge in [-0.15, -0.1) is 0 Å². The van der Waals surface area contributed by atoms with Crippen LogP contribution in [0.4, 0.5) is 13.2 Å². The minimum absolute atomic E-state index is 0.234. The van der Waals surface area contributed by atoms with Gasteiger partial charge in [0.2, 0.25) is 0 Å². The maximum atomic E-state index is 13.3. The van der Waals surface area contributed by atoms with E-state index in [4.69, 9.17) is 4.74 Å². The maximum Gasteiger partial charge on any atom is 0.392 e. The van der Waals surface area contributed by atoms with Crippen molar-refractivity contribution < 1.29 is 17.9 Å². The summed E-state index contributed by atoms with van der Waals surface area (Å²) in [7, 11) is 1.70. The minimum atomic E-state index is -4.10. The normalized spacial score (nSPS) is 39.1. The molecule has 0 aromatic heterocycles. The Hall–Kier alpha value is -0.980. The molecule has 148 valence electrons. The summed E-state index contributed by atoms with van der Waals surface area (Å²) in [5.41, 5.74) is 0.234. The number of alkyl halides is 3. The molecule has 2 N–H and O–H groups in total. The fraction of sp³-hybridized carbons (Fsp3) is 0.947. The maximum absolute atomic E-state index is 13.3. The van der Waals surface area contributed by atoms with Crippen molar-refractivity contribution in [1.29, 1.82) is 0 Å². The van der Waals surface area contributed by atoms with E-state index in [2.05, 4.69) is 15.6 Å². The number of nitrogens with one attached hydrogen (secondary N) is 2. The van der Waals surface area contributed by atoms with E-state index < -0.39 is 12.1 Å². The topological polar surface area (TPSA) is 45.7 Å². The first-order chi connectivity index (χ1) is 12.5. The van der Waals surface area contributed by atoms with Gasteiger partial charge in [0.15, 0.2) is 5.96 Å². The van der Waals surface area contributed by atoms with Gasteiger partial charge in [0.05, 0.1) is 12.0 Å². The van der Waals surface area contributed by atoms with Crippen molar-refractivity contribution in [2.75, 3.05) is 20.2 Å². The van der Waals surface area contributed by atoms with Gasteiger partial charge in [-0.05, 0) is 38.0 Å². The molecule has 26 heavy (non-hydrogen) atoms. The van der Waals surface area contributed by atoms with E-state index in [0.29, 0.717) is 43.4 Å². The van der Waals surface area contributed by atoms with E-state index in [-0.39, 0.29) is 17.8 Å². The molecule has 1 aliphatic heterocycles. The Bertz CT molecular complexity index is 547. The largest absolute Gasteiger partial charge is 0.392 e. The van der Waals surface area contributed by atoms with Crippen LogP contribution in [0.25, 0.3) is 0 Å². The van der Waals surface area contributed by atoms with Gasteiger partial charge in [-0.1, -0.05) is 19.3 Å². The summed E-state index contributed by atoms with van der Waals surface area (Å²) < 4.78 is 45.8. The highest BCUT2D eigenvalue weighted by molar-refractivity contribution is 5.80. The van der Waals surface area contributed by atoms with E-state index >= 15 is 0 Å². The highest BCUT2D eigenvalue weighted by Crippen LogP contribution is 2.62. The summed E-state index contributed by atoms with van der Waals surface area (Å²) in [5.74, 6) is -0.371. The van der Waals surface area contributed by atoms with Crippen molar-refractivity contribution in [2.45, 2.75) is 69.7 Å². The van der Waals surface area contributed by atoms with Gasteiger partial charge in [-0.25, -0.2) is 0 Å². The third-order valence-corrected chi connectivity index (χ3v) is 7.41. The molecule has 1 spiro atoms. The molecule has 4 aliphatic rings. The van der Waals surface area contributed by atoms with Gasteiger partial charge in [-0.3, -0.25) is 4.99 Å². The van der Waals surface area contributed by atoms with Crippen LogP contribution in [-0.4, -0.2) is 44.5 Å². The molecule has 5 unspecified atom stereocenters. The number of rotatable bonds is 3. The zero-order valence-corrected chi connectivity index (χ0v) is 15.4. The molecule has 3 aliphatic carbocycles. The fourth-order valence-corrected chi connectivity index (χ4v) is 5.91. The van der Waals surface area contributed by atoms with Gasteiger partial charge in [0, 0.05) is 37.6 Å². The Morgan fingerprint density at radius 2 is 1.92 bits per heavy atom. The number of halogens is 3. The molecule has 0 aromatic carbocycles. The Morgan fingerprint density at radius 3 is 2.58 bits per heavy atom. The lowest BCUT2D eigenvalue weighted by atomic mass is 9.46. The lowest BCUT2D eigenvalue weighted by Gasteiger charge is -2.63. The van der Waals surface area contributed by atoms with Crippen molar-refractivity contribution in [3.05, 3.63) is 0 Å². The molecule has 1 saturated heterocycles. The van der Waals surface area contributed by atoms with Crippen LogP contribution in [0.1, 0.15) is 51.4 Å². The van der Waals surface area contributed by atoms with Crippen molar-refractivity contribution in [2.24, 2.45) is 28.2 Å². The van der Waals surface area contributed by atoms with Gasteiger partial charge in [0.1, 0.15) is 0 Å². The van der Waals surface area contributed by atoms with Crippen molar-refractivity contribution in [3.63, 3.8) is 0 Å². The highest BCUT2D eigenvalue weighted by Gasteiger charge is 2.66. The number of hydrogen-bond donors (Lipinski definition) is 2. The van der Waals surface area contributed by atoms with Gasteiger partial charge < -0.3 is 15.4 Å². The molecule has 0 amide bonds. The quantitative estimate of drug-likeness (QED) is 0.588. The first-order valence-corrected chi connectivity index (χ1v) is 10.1. The fourth-order valence-electron chi connectivity index (χ4n) is 5.91. The molecular formula is C19H30F3N3O. The van der Waals surface area contributed by atoms with Crippen LogP contribution < -0.4 is 10.6 Å². The number of guanidine groups is 1. The molecule has 4 nitrogen and oxygen atoms in total. The highest BCUT2D eigenvalue weighted by atomic mass is 19.4. The molecule has 4 fully saturated rings. The Balaban J connectivity index is 1.35. The molecule has 3 saturated carbocycles. The van der Waals surface area contributed by atoms with Gasteiger partial charge in [0.25, 0.3) is 0 Å². The Morgan fingerprint density at radius 1 is 1.15 bits per heavy atom. The van der Waals surface area contributed by atoms with Crippen molar-refractivity contribution in [3.8, 4) is 0 Å². The average molecular weight is 373 g/mol. The van der Waals surface area contributed by atoms with Crippen LogP contribution >= 0.6 is 0 Å². The van der Waals surface area contributed by atoms with E-state index in [1.54, 1.807) is 7.05 Å². The molecule has 7 heteroatoms. The van der Waals surface area contributed by atoms with Crippen LogP contribution in [0.2, 0.25) is 0 Å². The van der Waals surface area contributed by atoms with Crippen LogP contribution in [0.5, 0.6) is 0 Å². The van der Waals surface area contributed by atoms with E-state index in [0.717, 1.165) is 19.4 Å². The lowest BCUT2D eigenvalue weighted by molar-refractivity contribution is -0.195. The van der Waals surface area contributed by atoms with E-state index in [1.807, 2.05) is 0 Å². The summed E-state index contributed by atoms with van der Waals surface area (Å²) in [6, 6.07) is 0.347. The second kappa shape index (κ2) is 6.88. The zero-order valence-electron chi connectivity index (χ0n) is 15.4. The van der Waals surface area contributed by atoms with Crippen LogP contribution in [-0.2, 0) is 4.74 Å².